The fraction of sp³-hybridized carbons (Fsp3) is 0.552. The molecule has 6 heteroatoms. The lowest BCUT2D eigenvalue weighted by Gasteiger charge is -2.22. The van der Waals surface area contributed by atoms with E-state index < -0.39 is 17.8 Å². The number of Topliss-reactive ketones (excluding diaryl/α,β-unsaturated/α-hetero) is 1. The van der Waals surface area contributed by atoms with Crippen LogP contribution in [-0.4, -0.2) is 46.6 Å². The fourth-order valence-electron chi connectivity index (χ4n) is 4.31. The maximum absolute atomic E-state index is 12.3. The lowest BCUT2D eigenvalue weighted by atomic mass is 9.93. The summed E-state index contributed by atoms with van der Waals surface area (Å²) in [5, 5.41) is 10.1. The van der Waals surface area contributed by atoms with Crippen molar-refractivity contribution in [1.82, 2.24) is 0 Å². The average molecular weight is 485 g/mol. The molecule has 1 saturated heterocycles. The minimum Gasteiger partial charge on any atom is -0.458 e. The molecule has 2 rings (SSSR count). The molecule has 1 aliphatic carbocycles. The van der Waals surface area contributed by atoms with E-state index in [-0.39, 0.29) is 23.6 Å². The summed E-state index contributed by atoms with van der Waals surface area (Å²) >= 11 is 0. The van der Waals surface area contributed by atoms with E-state index in [9.17, 15) is 19.5 Å². The van der Waals surface area contributed by atoms with Crippen molar-refractivity contribution in [3.63, 3.8) is 0 Å². The van der Waals surface area contributed by atoms with Gasteiger partial charge in [0.05, 0.1) is 17.8 Å². The number of ketones is 2. The summed E-state index contributed by atoms with van der Waals surface area (Å²) in [5.74, 6) is -0.618. The van der Waals surface area contributed by atoms with Gasteiger partial charge >= 0.3 is 5.97 Å². The summed E-state index contributed by atoms with van der Waals surface area (Å²) in [7, 11) is 0. The molecule has 0 spiro atoms. The summed E-state index contributed by atoms with van der Waals surface area (Å²) < 4.78 is 11.5. The Labute approximate surface area is 209 Å². The first-order chi connectivity index (χ1) is 16.3. The molecule has 0 amide bonds. The van der Waals surface area contributed by atoms with E-state index in [0.717, 1.165) is 29.6 Å². The Hall–Kier alpha value is -2.57. The van der Waals surface area contributed by atoms with Crippen molar-refractivity contribution in [2.75, 3.05) is 0 Å². The first-order valence-electron chi connectivity index (χ1n) is 12.3. The second-order valence-electron chi connectivity index (χ2n) is 10.3. The Kier molecular flexibility index (Phi) is 10.2. The number of carbonyl (C=O) groups is 3. The van der Waals surface area contributed by atoms with Crippen LogP contribution >= 0.6 is 0 Å². The lowest BCUT2D eigenvalue weighted by Crippen LogP contribution is -2.31. The van der Waals surface area contributed by atoms with Gasteiger partial charge in [-0.15, -0.1) is 0 Å². The molecule has 1 N–H and O–H groups in total. The van der Waals surface area contributed by atoms with Gasteiger partial charge in [-0.25, -0.2) is 0 Å². The highest BCUT2D eigenvalue weighted by Gasteiger charge is 2.40. The summed E-state index contributed by atoms with van der Waals surface area (Å²) in [4.78, 5) is 35.6. The first kappa shape index (κ1) is 28.7. The number of carbonyl (C=O) groups excluding carboxylic acids is 3. The van der Waals surface area contributed by atoms with Crippen molar-refractivity contribution < 1.29 is 29.0 Å². The molecule has 3 atom stereocenters. The first-order valence-corrected chi connectivity index (χ1v) is 12.3. The quantitative estimate of drug-likeness (QED) is 0.258. The van der Waals surface area contributed by atoms with E-state index in [0.29, 0.717) is 30.4 Å². The van der Waals surface area contributed by atoms with Crippen LogP contribution in [0.1, 0.15) is 80.6 Å². The predicted molar refractivity (Wildman–Crippen MR) is 137 cm³/mol. The molecule has 1 fully saturated rings. The van der Waals surface area contributed by atoms with E-state index >= 15 is 0 Å². The second-order valence-corrected chi connectivity index (χ2v) is 10.3. The molecule has 0 saturated carbocycles. The van der Waals surface area contributed by atoms with Crippen molar-refractivity contribution in [2.24, 2.45) is 0 Å². The molecule has 0 aromatic carbocycles. The average Bonchev–Trinajstić information content (AvgIpc) is 3.01. The molecule has 6 nitrogen and oxygen atoms in total. The number of aliphatic hydroxyl groups excluding tert-OH is 1. The zero-order chi connectivity index (χ0) is 26.3. The minimum absolute atomic E-state index is 0.0633. The van der Waals surface area contributed by atoms with Crippen LogP contribution in [0.3, 0.4) is 0 Å². The van der Waals surface area contributed by atoms with Crippen molar-refractivity contribution in [1.29, 1.82) is 0 Å². The van der Waals surface area contributed by atoms with Crippen molar-refractivity contribution in [3.05, 3.63) is 58.2 Å². The number of aliphatic hydroxyl groups is 1. The normalized spacial score (nSPS) is 24.3. The Morgan fingerprint density at radius 1 is 1.17 bits per heavy atom. The van der Waals surface area contributed by atoms with Gasteiger partial charge in [0.2, 0.25) is 0 Å². The molecular formula is C29H40O6. The van der Waals surface area contributed by atoms with Gasteiger partial charge < -0.3 is 14.6 Å². The van der Waals surface area contributed by atoms with Crippen LogP contribution in [-0.2, 0) is 23.9 Å². The molecule has 0 aromatic rings. The topological polar surface area (TPSA) is 89.9 Å². The van der Waals surface area contributed by atoms with Crippen LogP contribution in [0.2, 0.25) is 0 Å². The molecule has 192 valence electrons. The second kappa shape index (κ2) is 12.4. The number of hydrogen-bond acceptors (Lipinski definition) is 6. The predicted octanol–water partition coefficient (Wildman–Crippen LogP) is 5.27. The smallest absolute Gasteiger partial charge is 0.303 e. The standard InChI is InChI=1S/C29H40O6/c1-18(9-8-10-20(3)26-17-27(32)29(6,7)35-26)13-25(34-22(5)30)14-19(2)11-12-23-16-24(31)15-21(4)28(23)33/h10-11,13,15-16,25-27,32H,8-9,12,14,17H2,1-7H3/b18-13+,19-11+,20-10+/t25?,26-,27-/m0/s1. The third kappa shape index (κ3) is 8.86. The van der Waals surface area contributed by atoms with Crippen LogP contribution in [0.5, 0.6) is 0 Å². The van der Waals surface area contributed by atoms with E-state index in [1.165, 1.54) is 19.1 Å². The molecule has 0 aromatic heterocycles. The number of hydrogen-bond donors (Lipinski definition) is 1. The van der Waals surface area contributed by atoms with Gasteiger partial charge in [0.1, 0.15) is 6.10 Å². The third-order valence-corrected chi connectivity index (χ3v) is 6.51. The summed E-state index contributed by atoms with van der Waals surface area (Å²) in [5.41, 5.74) is 3.62. The van der Waals surface area contributed by atoms with Crippen LogP contribution < -0.4 is 0 Å². The highest BCUT2D eigenvalue weighted by molar-refractivity contribution is 6.20. The van der Waals surface area contributed by atoms with Gasteiger partial charge in [-0.05, 0) is 84.6 Å². The van der Waals surface area contributed by atoms with E-state index in [1.54, 1.807) is 6.92 Å². The van der Waals surface area contributed by atoms with Crippen LogP contribution in [0.4, 0.5) is 0 Å². The number of esters is 1. The summed E-state index contributed by atoms with van der Waals surface area (Å²) in [6.07, 6.45) is 11.0. The molecule has 35 heavy (non-hydrogen) atoms. The van der Waals surface area contributed by atoms with Crippen molar-refractivity contribution >= 4 is 17.5 Å². The molecule has 1 heterocycles. The van der Waals surface area contributed by atoms with E-state index in [1.807, 2.05) is 46.8 Å². The van der Waals surface area contributed by atoms with Crippen molar-refractivity contribution in [2.45, 2.75) is 104 Å². The van der Waals surface area contributed by atoms with Gasteiger partial charge in [0.15, 0.2) is 11.6 Å². The van der Waals surface area contributed by atoms with E-state index in [2.05, 4.69) is 6.08 Å². The fourth-order valence-corrected chi connectivity index (χ4v) is 4.31. The molecule has 1 unspecified atom stereocenters. The van der Waals surface area contributed by atoms with Crippen LogP contribution in [0, 0.1) is 0 Å². The van der Waals surface area contributed by atoms with Gasteiger partial charge in [-0.1, -0.05) is 23.3 Å². The van der Waals surface area contributed by atoms with Gasteiger partial charge in [-0.3, -0.25) is 14.4 Å². The van der Waals surface area contributed by atoms with Gasteiger partial charge in [0, 0.05) is 30.9 Å². The van der Waals surface area contributed by atoms with E-state index in [4.69, 9.17) is 9.47 Å². The number of ether oxygens (including phenoxy) is 2. The summed E-state index contributed by atoms with van der Waals surface area (Å²) in [6, 6.07) is 0. The van der Waals surface area contributed by atoms with Crippen LogP contribution in [0.25, 0.3) is 0 Å². The Balaban J connectivity index is 1.96. The maximum atomic E-state index is 12.3. The molecule has 0 bridgehead atoms. The number of allylic oxidation sites excluding steroid dienone is 7. The van der Waals surface area contributed by atoms with Crippen molar-refractivity contribution in [3.8, 4) is 0 Å². The zero-order valence-corrected chi connectivity index (χ0v) is 22.1. The van der Waals surface area contributed by atoms with Gasteiger partial charge in [0.25, 0.3) is 0 Å². The Morgan fingerprint density at radius 3 is 2.46 bits per heavy atom. The number of rotatable bonds is 10. The van der Waals surface area contributed by atoms with Crippen LogP contribution in [0.15, 0.2) is 58.2 Å². The summed E-state index contributed by atoms with van der Waals surface area (Å²) in [6.45, 7) is 12.8. The highest BCUT2D eigenvalue weighted by atomic mass is 16.5. The van der Waals surface area contributed by atoms with Gasteiger partial charge in [-0.2, -0.15) is 0 Å². The highest BCUT2D eigenvalue weighted by Crippen LogP contribution is 2.33. The zero-order valence-electron chi connectivity index (χ0n) is 22.1. The monoisotopic (exact) mass is 484 g/mol. The maximum Gasteiger partial charge on any atom is 0.303 e. The largest absolute Gasteiger partial charge is 0.458 e. The molecule has 1 aliphatic heterocycles. The molecular weight excluding hydrogens is 444 g/mol. The Bertz CT molecular complexity index is 989. The lowest BCUT2D eigenvalue weighted by molar-refractivity contribution is -0.144. The third-order valence-electron chi connectivity index (χ3n) is 6.51. The SMILES string of the molecule is CC(=O)OC(/C=C(\C)CC/C=C(\C)[C@@H]1C[C@H](O)C(C)(C)O1)C/C(C)=C/CC1=CC(=O)C=C(C)C1=O. The Morgan fingerprint density at radius 2 is 1.86 bits per heavy atom. The molecule has 0 radical (unpaired) electrons. The molecule has 2 aliphatic rings. The minimum atomic E-state index is -0.524.